The van der Waals surface area contributed by atoms with Crippen LogP contribution in [-0.2, 0) is 14.3 Å². The number of ether oxygens (including phenoxy) is 1. The minimum atomic E-state index is -1.15. The van der Waals surface area contributed by atoms with Crippen molar-refractivity contribution in [2.75, 3.05) is 0 Å². The SMILES string of the molecule is C[C@@H](C(=O)O[C@H]1CCCCC1=O)N1C(=O)c2cc(Cl)c(Cl)cc2C1=O. The maximum atomic E-state index is 12.5. The van der Waals surface area contributed by atoms with Crippen LogP contribution in [0.2, 0.25) is 10.0 Å². The molecule has 132 valence electrons. The highest BCUT2D eigenvalue weighted by Crippen LogP contribution is 2.32. The summed E-state index contributed by atoms with van der Waals surface area (Å²) in [6, 6.07) is 1.46. The zero-order chi connectivity index (χ0) is 18.3. The molecule has 3 rings (SSSR count). The van der Waals surface area contributed by atoms with E-state index in [1.807, 2.05) is 0 Å². The fourth-order valence-electron chi connectivity index (χ4n) is 3.02. The lowest BCUT2D eigenvalue weighted by atomic mass is 9.96. The quantitative estimate of drug-likeness (QED) is 0.591. The van der Waals surface area contributed by atoms with Crippen LogP contribution in [0.25, 0.3) is 0 Å². The first-order valence-electron chi connectivity index (χ1n) is 7.91. The van der Waals surface area contributed by atoms with Crippen LogP contribution in [0.15, 0.2) is 12.1 Å². The zero-order valence-electron chi connectivity index (χ0n) is 13.4. The second-order valence-electron chi connectivity index (χ2n) is 6.11. The number of hydrogen-bond donors (Lipinski definition) is 0. The summed E-state index contributed by atoms with van der Waals surface area (Å²) in [6.07, 6.45) is 1.61. The Morgan fingerprint density at radius 2 is 1.68 bits per heavy atom. The summed E-state index contributed by atoms with van der Waals surface area (Å²) >= 11 is 11.8. The van der Waals surface area contributed by atoms with Crippen molar-refractivity contribution < 1.29 is 23.9 Å². The van der Waals surface area contributed by atoms with Gasteiger partial charge in [-0.1, -0.05) is 23.2 Å². The summed E-state index contributed by atoms with van der Waals surface area (Å²) in [5.41, 5.74) is 0.181. The normalized spacial score (nSPS) is 21.3. The van der Waals surface area contributed by atoms with Crippen molar-refractivity contribution in [3.63, 3.8) is 0 Å². The Morgan fingerprint density at radius 1 is 1.12 bits per heavy atom. The van der Waals surface area contributed by atoms with Gasteiger partial charge in [-0.2, -0.15) is 0 Å². The number of esters is 1. The molecule has 0 spiro atoms. The lowest BCUT2D eigenvalue weighted by molar-refractivity contribution is -0.159. The highest BCUT2D eigenvalue weighted by atomic mass is 35.5. The third-order valence-electron chi connectivity index (χ3n) is 4.44. The molecule has 0 aromatic heterocycles. The van der Waals surface area contributed by atoms with Gasteiger partial charge in [-0.25, -0.2) is 4.79 Å². The Hall–Kier alpha value is -1.92. The first-order valence-corrected chi connectivity index (χ1v) is 8.67. The molecule has 1 saturated carbocycles. The number of rotatable bonds is 3. The second kappa shape index (κ2) is 6.77. The highest BCUT2D eigenvalue weighted by Gasteiger charge is 2.43. The van der Waals surface area contributed by atoms with E-state index in [1.165, 1.54) is 19.1 Å². The molecule has 0 radical (unpaired) electrons. The van der Waals surface area contributed by atoms with E-state index in [-0.39, 0.29) is 27.0 Å². The van der Waals surface area contributed by atoms with Crippen LogP contribution in [0.5, 0.6) is 0 Å². The molecular weight excluding hydrogens is 369 g/mol. The van der Waals surface area contributed by atoms with Crippen LogP contribution in [0.1, 0.15) is 53.3 Å². The monoisotopic (exact) mass is 383 g/mol. The standard InChI is InChI=1S/C17H15Cl2NO5/c1-8(17(24)25-14-5-3-2-4-13(14)21)20-15(22)9-6-11(18)12(19)7-10(9)16(20)23/h6-8,14H,2-5H2,1H3/t8-,14-/m0/s1. The van der Waals surface area contributed by atoms with Gasteiger partial charge in [0.1, 0.15) is 6.04 Å². The largest absolute Gasteiger partial charge is 0.453 e. The predicted octanol–water partition coefficient (Wildman–Crippen LogP) is 3.03. The third-order valence-corrected chi connectivity index (χ3v) is 5.17. The molecule has 1 aliphatic carbocycles. The molecule has 1 aliphatic heterocycles. The second-order valence-corrected chi connectivity index (χ2v) is 6.92. The van der Waals surface area contributed by atoms with Gasteiger partial charge in [-0.15, -0.1) is 0 Å². The summed E-state index contributed by atoms with van der Waals surface area (Å²) in [5, 5.41) is 0.290. The molecule has 1 fully saturated rings. The average Bonchev–Trinajstić information content (AvgIpc) is 2.80. The summed E-state index contributed by atoms with van der Waals surface area (Å²) in [4.78, 5) is 50.0. The van der Waals surface area contributed by atoms with Gasteiger partial charge in [-0.05, 0) is 38.3 Å². The van der Waals surface area contributed by atoms with Gasteiger partial charge in [0.05, 0.1) is 21.2 Å². The van der Waals surface area contributed by atoms with Crippen molar-refractivity contribution in [1.29, 1.82) is 0 Å². The molecule has 25 heavy (non-hydrogen) atoms. The van der Waals surface area contributed by atoms with E-state index in [9.17, 15) is 19.2 Å². The Morgan fingerprint density at radius 3 is 2.20 bits per heavy atom. The topological polar surface area (TPSA) is 80.8 Å². The number of ketones is 1. The van der Waals surface area contributed by atoms with Crippen LogP contribution in [-0.4, -0.2) is 40.6 Å². The fraction of sp³-hybridized carbons (Fsp3) is 0.412. The molecule has 1 heterocycles. The molecule has 2 aliphatic rings. The van der Waals surface area contributed by atoms with Gasteiger partial charge in [0.15, 0.2) is 11.9 Å². The number of nitrogens with zero attached hydrogens (tertiary/aromatic N) is 1. The molecular formula is C17H15Cl2NO5. The first kappa shape index (κ1) is 17.9. The number of imide groups is 1. The van der Waals surface area contributed by atoms with Crippen LogP contribution in [0, 0.1) is 0 Å². The third kappa shape index (κ3) is 3.16. The van der Waals surface area contributed by atoms with Crippen molar-refractivity contribution in [2.45, 2.75) is 44.8 Å². The number of benzene rings is 1. The first-order chi connectivity index (χ1) is 11.8. The lowest BCUT2D eigenvalue weighted by Crippen LogP contribution is -2.45. The lowest BCUT2D eigenvalue weighted by Gasteiger charge is -2.25. The number of carbonyl (C=O) groups is 4. The van der Waals surface area contributed by atoms with Gasteiger partial charge in [0, 0.05) is 6.42 Å². The van der Waals surface area contributed by atoms with Crippen LogP contribution >= 0.6 is 23.2 Å². The van der Waals surface area contributed by atoms with Crippen molar-refractivity contribution in [3.05, 3.63) is 33.3 Å². The number of Topliss-reactive ketones (excluding diaryl/α,β-unsaturated/α-hetero) is 1. The molecule has 0 bridgehead atoms. The Labute approximate surface area is 154 Å². The Balaban J connectivity index is 1.79. The van der Waals surface area contributed by atoms with Crippen LogP contribution in [0.3, 0.4) is 0 Å². The molecule has 6 nitrogen and oxygen atoms in total. The maximum Gasteiger partial charge on any atom is 0.329 e. The molecule has 0 unspecified atom stereocenters. The van der Waals surface area contributed by atoms with Crippen molar-refractivity contribution in [2.24, 2.45) is 0 Å². The van der Waals surface area contributed by atoms with E-state index in [4.69, 9.17) is 27.9 Å². The highest BCUT2D eigenvalue weighted by molar-refractivity contribution is 6.43. The van der Waals surface area contributed by atoms with E-state index in [2.05, 4.69) is 0 Å². The van der Waals surface area contributed by atoms with Crippen molar-refractivity contribution in [1.82, 2.24) is 4.90 Å². The molecule has 2 atom stereocenters. The minimum Gasteiger partial charge on any atom is -0.453 e. The molecule has 1 aromatic rings. The van der Waals surface area contributed by atoms with Gasteiger partial charge in [0.2, 0.25) is 0 Å². The van der Waals surface area contributed by atoms with Crippen LogP contribution in [0.4, 0.5) is 0 Å². The number of amides is 2. The molecule has 1 aromatic carbocycles. The summed E-state index contributed by atoms with van der Waals surface area (Å²) in [6.45, 7) is 1.39. The number of fused-ring (bicyclic) bond motifs is 1. The van der Waals surface area contributed by atoms with Gasteiger partial charge >= 0.3 is 5.97 Å². The number of halogens is 2. The Kier molecular flexibility index (Phi) is 4.84. The number of hydrogen-bond acceptors (Lipinski definition) is 5. The zero-order valence-corrected chi connectivity index (χ0v) is 14.9. The van der Waals surface area contributed by atoms with Gasteiger partial charge < -0.3 is 4.74 Å². The minimum absolute atomic E-state index is 0.0905. The van der Waals surface area contributed by atoms with Gasteiger partial charge in [-0.3, -0.25) is 19.3 Å². The fourth-order valence-corrected chi connectivity index (χ4v) is 3.35. The van der Waals surface area contributed by atoms with E-state index in [1.54, 1.807) is 0 Å². The van der Waals surface area contributed by atoms with Crippen molar-refractivity contribution in [3.8, 4) is 0 Å². The summed E-state index contributed by atoms with van der Waals surface area (Å²) in [5.74, 6) is -2.20. The Bertz CT molecular complexity index is 750. The van der Waals surface area contributed by atoms with E-state index in [0.29, 0.717) is 12.8 Å². The predicted molar refractivity (Wildman–Crippen MR) is 89.8 cm³/mol. The van der Waals surface area contributed by atoms with Gasteiger partial charge in [0.25, 0.3) is 11.8 Å². The summed E-state index contributed by atoms with van der Waals surface area (Å²) in [7, 11) is 0. The molecule has 0 N–H and O–H groups in total. The smallest absolute Gasteiger partial charge is 0.329 e. The summed E-state index contributed by atoms with van der Waals surface area (Å²) < 4.78 is 5.23. The molecule has 0 saturated heterocycles. The van der Waals surface area contributed by atoms with Crippen molar-refractivity contribution >= 4 is 46.8 Å². The molecule has 2 amide bonds. The number of carbonyl (C=O) groups excluding carboxylic acids is 4. The molecule has 8 heteroatoms. The van der Waals surface area contributed by atoms with Crippen LogP contribution < -0.4 is 0 Å². The average molecular weight is 384 g/mol. The maximum absolute atomic E-state index is 12.5. The van der Waals surface area contributed by atoms with E-state index in [0.717, 1.165) is 17.7 Å². The van der Waals surface area contributed by atoms with E-state index >= 15 is 0 Å². The van der Waals surface area contributed by atoms with E-state index < -0.39 is 29.9 Å².